The molecule has 0 unspecified atom stereocenters. The highest BCUT2D eigenvalue weighted by atomic mass is 16.5. The van der Waals surface area contributed by atoms with Gasteiger partial charge in [0.25, 0.3) is 5.91 Å². The van der Waals surface area contributed by atoms with Crippen LogP contribution in [0.25, 0.3) is 11.3 Å². The number of hydrogen-bond acceptors (Lipinski definition) is 5. The summed E-state index contributed by atoms with van der Waals surface area (Å²) in [4.78, 5) is 16.7. The van der Waals surface area contributed by atoms with Crippen molar-refractivity contribution in [1.29, 1.82) is 0 Å². The SMILES string of the molecule is CN(C)c1ccc(-c2cc(C(=O)NCCCN3CCCCC3)no2)cc1. The molecule has 1 saturated heterocycles. The number of aromatic nitrogens is 1. The number of anilines is 1. The molecule has 1 aromatic carbocycles. The number of carbonyl (C=O) groups is 1. The molecule has 1 N–H and O–H groups in total. The number of rotatable bonds is 7. The van der Waals surface area contributed by atoms with E-state index in [4.69, 9.17) is 4.52 Å². The highest BCUT2D eigenvalue weighted by molar-refractivity contribution is 5.93. The molecule has 26 heavy (non-hydrogen) atoms. The predicted molar refractivity (Wildman–Crippen MR) is 104 cm³/mol. The Morgan fingerprint density at radius 1 is 1.19 bits per heavy atom. The summed E-state index contributed by atoms with van der Waals surface area (Å²) in [6.45, 7) is 4.08. The van der Waals surface area contributed by atoms with Crippen molar-refractivity contribution in [1.82, 2.24) is 15.4 Å². The van der Waals surface area contributed by atoms with Crippen LogP contribution in [0.15, 0.2) is 34.9 Å². The maximum Gasteiger partial charge on any atom is 0.273 e. The fourth-order valence-corrected chi connectivity index (χ4v) is 3.22. The number of nitrogens with one attached hydrogen (secondary N) is 1. The normalized spacial score (nSPS) is 15.0. The average Bonchev–Trinajstić information content (AvgIpc) is 3.16. The summed E-state index contributed by atoms with van der Waals surface area (Å²) in [6.07, 6.45) is 4.90. The van der Waals surface area contributed by atoms with Crippen molar-refractivity contribution in [2.24, 2.45) is 0 Å². The van der Waals surface area contributed by atoms with E-state index in [0.29, 0.717) is 18.0 Å². The smallest absolute Gasteiger partial charge is 0.273 e. The lowest BCUT2D eigenvalue weighted by Gasteiger charge is -2.26. The van der Waals surface area contributed by atoms with Gasteiger partial charge in [0.05, 0.1) is 0 Å². The van der Waals surface area contributed by atoms with Crippen LogP contribution < -0.4 is 10.2 Å². The predicted octanol–water partition coefficient (Wildman–Crippen LogP) is 3.01. The first-order valence-electron chi connectivity index (χ1n) is 9.38. The summed E-state index contributed by atoms with van der Waals surface area (Å²) in [5, 5.41) is 6.84. The van der Waals surface area contributed by atoms with Gasteiger partial charge in [-0.2, -0.15) is 0 Å². The van der Waals surface area contributed by atoms with Crippen molar-refractivity contribution in [2.75, 3.05) is 45.2 Å². The van der Waals surface area contributed by atoms with Gasteiger partial charge in [-0.05, 0) is 63.2 Å². The summed E-state index contributed by atoms with van der Waals surface area (Å²) in [5.41, 5.74) is 2.35. The number of piperidine rings is 1. The number of benzene rings is 1. The fourth-order valence-electron chi connectivity index (χ4n) is 3.22. The van der Waals surface area contributed by atoms with E-state index in [-0.39, 0.29) is 5.91 Å². The van der Waals surface area contributed by atoms with Crippen molar-refractivity contribution in [3.05, 3.63) is 36.0 Å². The van der Waals surface area contributed by atoms with Crippen LogP contribution in [0, 0.1) is 0 Å². The van der Waals surface area contributed by atoms with Crippen LogP contribution in [0.5, 0.6) is 0 Å². The summed E-state index contributed by atoms with van der Waals surface area (Å²) in [7, 11) is 3.99. The molecule has 1 aliphatic rings. The Bertz CT molecular complexity index is 703. The first kappa shape index (κ1) is 18.5. The Morgan fingerprint density at radius 3 is 2.62 bits per heavy atom. The summed E-state index contributed by atoms with van der Waals surface area (Å²) in [6, 6.07) is 9.66. The molecule has 2 aromatic rings. The van der Waals surface area contributed by atoms with Gasteiger partial charge < -0.3 is 19.6 Å². The topological polar surface area (TPSA) is 61.6 Å². The van der Waals surface area contributed by atoms with E-state index in [0.717, 1.165) is 24.2 Å². The standard InChI is InChI=1S/C20H28N4O2/c1-23(2)17-9-7-16(8-10-17)19-15-18(22-26-19)20(25)21-11-6-14-24-12-4-3-5-13-24/h7-10,15H,3-6,11-14H2,1-2H3,(H,21,25). The first-order valence-corrected chi connectivity index (χ1v) is 9.38. The van der Waals surface area contributed by atoms with Gasteiger partial charge in [0.1, 0.15) is 0 Å². The number of hydrogen-bond donors (Lipinski definition) is 1. The Kier molecular flexibility index (Phi) is 6.28. The molecule has 6 nitrogen and oxygen atoms in total. The van der Waals surface area contributed by atoms with Gasteiger partial charge in [-0.25, -0.2) is 0 Å². The van der Waals surface area contributed by atoms with Crippen LogP contribution >= 0.6 is 0 Å². The molecule has 1 fully saturated rings. The van der Waals surface area contributed by atoms with Crippen LogP contribution in [0.1, 0.15) is 36.2 Å². The van der Waals surface area contributed by atoms with Crippen LogP contribution in [0.4, 0.5) is 5.69 Å². The molecule has 6 heteroatoms. The zero-order valence-electron chi connectivity index (χ0n) is 15.7. The maximum atomic E-state index is 12.2. The van der Waals surface area contributed by atoms with Gasteiger partial charge in [-0.3, -0.25) is 4.79 Å². The number of likely N-dealkylation sites (tertiary alicyclic amines) is 1. The third-order valence-electron chi connectivity index (χ3n) is 4.80. The molecule has 0 aliphatic carbocycles. The Balaban J connectivity index is 1.48. The van der Waals surface area contributed by atoms with Crippen LogP contribution in [0.3, 0.4) is 0 Å². The van der Waals surface area contributed by atoms with Crippen LogP contribution in [-0.4, -0.2) is 56.2 Å². The van der Waals surface area contributed by atoms with E-state index < -0.39 is 0 Å². The first-order chi connectivity index (χ1) is 12.6. The molecular weight excluding hydrogens is 328 g/mol. The van der Waals surface area contributed by atoms with Gasteiger partial charge in [0.2, 0.25) is 0 Å². The van der Waals surface area contributed by atoms with Crippen molar-refractivity contribution >= 4 is 11.6 Å². The minimum absolute atomic E-state index is 0.177. The van der Waals surface area contributed by atoms with Gasteiger partial charge in [-0.1, -0.05) is 11.6 Å². The summed E-state index contributed by atoms with van der Waals surface area (Å²) in [5.74, 6) is 0.428. The molecule has 140 valence electrons. The lowest BCUT2D eigenvalue weighted by atomic mass is 10.1. The van der Waals surface area contributed by atoms with Crippen molar-refractivity contribution in [3.8, 4) is 11.3 Å². The zero-order chi connectivity index (χ0) is 18.4. The second-order valence-corrected chi connectivity index (χ2v) is 7.03. The van der Waals surface area contributed by atoms with Gasteiger partial charge >= 0.3 is 0 Å². The number of amides is 1. The summed E-state index contributed by atoms with van der Waals surface area (Å²) >= 11 is 0. The minimum Gasteiger partial charge on any atom is -0.378 e. The van der Waals surface area contributed by atoms with Crippen molar-refractivity contribution < 1.29 is 9.32 Å². The second kappa shape index (κ2) is 8.85. The van der Waals surface area contributed by atoms with Gasteiger partial charge in [-0.15, -0.1) is 0 Å². The third kappa shape index (κ3) is 4.85. The molecule has 1 aliphatic heterocycles. The van der Waals surface area contributed by atoms with Crippen LogP contribution in [0.2, 0.25) is 0 Å². The highest BCUT2D eigenvalue weighted by Crippen LogP contribution is 2.23. The molecule has 2 heterocycles. The zero-order valence-corrected chi connectivity index (χ0v) is 15.7. The molecule has 0 radical (unpaired) electrons. The van der Waals surface area contributed by atoms with Crippen molar-refractivity contribution in [3.63, 3.8) is 0 Å². The minimum atomic E-state index is -0.177. The van der Waals surface area contributed by atoms with E-state index in [9.17, 15) is 4.79 Å². The number of carbonyl (C=O) groups excluding carboxylic acids is 1. The van der Waals surface area contributed by atoms with E-state index in [2.05, 4.69) is 15.4 Å². The number of nitrogens with zero attached hydrogens (tertiary/aromatic N) is 3. The van der Waals surface area contributed by atoms with Gasteiger partial charge in [0, 0.05) is 38.0 Å². The lowest BCUT2D eigenvalue weighted by Crippen LogP contribution is -2.33. The second-order valence-electron chi connectivity index (χ2n) is 7.03. The van der Waals surface area contributed by atoms with Crippen LogP contribution in [-0.2, 0) is 0 Å². The fraction of sp³-hybridized carbons (Fsp3) is 0.500. The molecule has 3 rings (SSSR count). The molecular formula is C20H28N4O2. The van der Waals surface area contributed by atoms with E-state index in [1.54, 1.807) is 6.07 Å². The Morgan fingerprint density at radius 2 is 1.92 bits per heavy atom. The molecule has 0 atom stereocenters. The van der Waals surface area contributed by atoms with E-state index >= 15 is 0 Å². The molecule has 0 bridgehead atoms. The third-order valence-corrected chi connectivity index (χ3v) is 4.80. The largest absolute Gasteiger partial charge is 0.378 e. The van der Waals surface area contributed by atoms with Crippen molar-refractivity contribution in [2.45, 2.75) is 25.7 Å². The molecule has 1 amide bonds. The average molecular weight is 356 g/mol. The molecule has 0 spiro atoms. The van der Waals surface area contributed by atoms with E-state index in [1.165, 1.54) is 32.4 Å². The quantitative estimate of drug-likeness (QED) is 0.773. The van der Waals surface area contributed by atoms with E-state index in [1.807, 2.05) is 43.3 Å². The Hall–Kier alpha value is -2.34. The summed E-state index contributed by atoms with van der Waals surface area (Å²) < 4.78 is 5.34. The Labute approximate surface area is 155 Å². The molecule has 0 saturated carbocycles. The van der Waals surface area contributed by atoms with Gasteiger partial charge in [0.15, 0.2) is 11.5 Å². The highest BCUT2D eigenvalue weighted by Gasteiger charge is 2.14. The molecule has 1 aromatic heterocycles. The monoisotopic (exact) mass is 356 g/mol. The lowest BCUT2D eigenvalue weighted by molar-refractivity contribution is 0.0942. The maximum absolute atomic E-state index is 12.2.